The highest BCUT2D eigenvalue weighted by atomic mass is 32.1. The van der Waals surface area contributed by atoms with Gasteiger partial charge in [0.2, 0.25) is 5.91 Å². The molecule has 0 aliphatic rings. The molecule has 0 saturated carbocycles. The average molecular weight is 352 g/mol. The van der Waals surface area contributed by atoms with E-state index in [4.69, 9.17) is 5.73 Å². The van der Waals surface area contributed by atoms with Gasteiger partial charge in [0.1, 0.15) is 5.69 Å². The Morgan fingerprint density at radius 2 is 1.92 bits per heavy atom. The largest absolute Gasteiger partial charge is 0.364 e. The lowest BCUT2D eigenvalue weighted by Crippen LogP contribution is -2.12. The molecule has 3 N–H and O–H groups in total. The Morgan fingerprint density at radius 3 is 2.52 bits per heavy atom. The number of nitrogens with two attached hydrogens (primary N) is 1. The summed E-state index contributed by atoms with van der Waals surface area (Å²) in [5.74, 6) is -0.774. The number of rotatable bonds is 5. The smallest absolute Gasteiger partial charge is 0.269 e. The zero-order chi connectivity index (χ0) is 17.8. The second-order valence-corrected chi connectivity index (χ2v) is 6.65. The van der Waals surface area contributed by atoms with E-state index in [0.29, 0.717) is 5.69 Å². The van der Waals surface area contributed by atoms with Crippen LogP contribution in [0.2, 0.25) is 0 Å². The zero-order valence-corrected chi connectivity index (χ0v) is 14.3. The molecule has 1 aromatic carbocycles. The number of anilines is 1. The first-order valence-electron chi connectivity index (χ1n) is 7.53. The van der Waals surface area contributed by atoms with Crippen molar-refractivity contribution in [2.75, 3.05) is 5.32 Å². The van der Waals surface area contributed by atoms with Crippen LogP contribution in [0.15, 0.2) is 54.7 Å². The van der Waals surface area contributed by atoms with Gasteiger partial charge in [-0.3, -0.25) is 9.59 Å². The van der Waals surface area contributed by atoms with Gasteiger partial charge >= 0.3 is 0 Å². The molecule has 6 nitrogen and oxygen atoms in total. The first kappa shape index (κ1) is 16.7. The SMILES string of the molecule is Cc1ccc(/C=C\C(=O)Nc2ccc(-n3ccc(C(N)=O)n3)cc2)s1. The fraction of sp³-hybridized carbons (Fsp3) is 0.0556. The normalized spacial score (nSPS) is 10.9. The highest BCUT2D eigenvalue weighted by Gasteiger charge is 2.06. The van der Waals surface area contributed by atoms with Crippen LogP contribution in [0.5, 0.6) is 0 Å². The summed E-state index contributed by atoms with van der Waals surface area (Å²) in [5, 5.41) is 6.88. The number of primary amides is 1. The number of nitrogens with one attached hydrogen (secondary N) is 1. The summed E-state index contributed by atoms with van der Waals surface area (Å²) in [6, 6.07) is 12.7. The van der Waals surface area contributed by atoms with Crippen molar-refractivity contribution in [2.24, 2.45) is 5.73 Å². The number of hydrogen-bond acceptors (Lipinski definition) is 4. The fourth-order valence-electron chi connectivity index (χ4n) is 2.18. The molecule has 0 aliphatic carbocycles. The zero-order valence-electron chi connectivity index (χ0n) is 13.5. The molecule has 2 amide bonds. The van der Waals surface area contributed by atoms with Crippen molar-refractivity contribution < 1.29 is 9.59 Å². The van der Waals surface area contributed by atoms with Crippen molar-refractivity contribution in [1.29, 1.82) is 0 Å². The van der Waals surface area contributed by atoms with E-state index in [0.717, 1.165) is 10.6 Å². The first-order chi connectivity index (χ1) is 12.0. The Hall–Kier alpha value is -3.19. The molecule has 0 radical (unpaired) electrons. The topological polar surface area (TPSA) is 90.0 Å². The number of benzene rings is 1. The molecule has 0 spiro atoms. The van der Waals surface area contributed by atoms with Gasteiger partial charge in [0.05, 0.1) is 5.69 Å². The number of carbonyl (C=O) groups excluding carboxylic acids is 2. The van der Waals surface area contributed by atoms with Crippen molar-refractivity contribution in [1.82, 2.24) is 9.78 Å². The summed E-state index contributed by atoms with van der Waals surface area (Å²) >= 11 is 1.63. The molecule has 25 heavy (non-hydrogen) atoms. The van der Waals surface area contributed by atoms with Crippen molar-refractivity contribution in [3.8, 4) is 5.69 Å². The third kappa shape index (κ3) is 4.21. The molecule has 0 saturated heterocycles. The quantitative estimate of drug-likeness (QED) is 0.692. The van der Waals surface area contributed by atoms with Crippen molar-refractivity contribution in [2.45, 2.75) is 6.92 Å². The standard InChI is InChI=1S/C18H16N4O2S/c1-12-2-7-15(25-12)8-9-17(23)20-13-3-5-14(6-4-13)22-11-10-16(21-22)18(19)24/h2-11H,1H3,(H2,19,24)(H,20,23)/b9-8-. The van der Waals surface area contributed by atoms with E-state index in [9.17, 15) is 9.59 Å². The van der Waals surface area contributed by atoms with Crippen LogP contribution in [0.4, 0.5) is 5.69 Å². The molecule has 126 valence electrons. The average Bonchev–Trinajstić information content (AvgIpc) is 3.23. The third-order valence-electron chi connectivity index (χ3n) is 3.40. The molecule has 7 heteroatoms. The van der Waals surface area contributed by atoms with Gasteiger partial charge in [-0.05, 0) is 55.5 Å². The van der Waals surface area contributed by atoms with Crippen LogP contribution in [0.25, 0.3) is 11.8 Å². The van der Waals surface area contributed by atoms with Crippen LogP contribution in [-0.4, -0.2) is 21.6 Å². The molecule has 2 heterocycles. The lowest BCUT2D eigenvalue weighted by Gasteiger charge is -2.05. The number of nitrogens with zero attached hydrogens (tertiary/aromatic N) is 2. The van der Waals surface area contributed by atoms with Crippen LogP contribution in [-0.2, 0) is 4.79 Å². The number of aromatic nitrogens is 2. The predicted molar refractivity (Wildman–Crippen MR) is 98.8 cm³/mol. The van der Waals surface area contributed by atoms with Gasteiger partial charge in [-0.25, -0.2) is 4.68 Å². The Balaban J connectivity index is 1.64. The monoisotopic (exact) mass is 352 g/mol. The molecule has 0 bridgehead atoms. The maximum atomic E-state index is 12.0. The maximum absolute atomic E-state index is 12.0. The van der Waals surface area contributed by atoms with E-state index in [1.54, 1.807) is 58.6 Å². The minimum Gasteiger partial charge on any atom is -0.364 e. The first-order valence-corrected chi connectivity index (χ1v) is 8.34. The van der Waals surface area contributed by atoms with Crippen molar-refractivity contribution >= 4 is 34.9 Å². The Kier molecular flexibility index (Phi) is 4.76. The van der Waals surface area contributed by atoms with Crippen LogP contribution in [0.3, 0.4) is 0 Å². The predicted octanol–water partition coefficient (Wildman–Crippen LogP) is 2.99. The summed E-state index contributed by atoms with van der Waals surface area (Å²) in [7, 11) is 0. The summed E-state index contributed by atoms with van der Waals surface area (Å²) < 4.78 is 1.55. The van der Waals surface area contributed by atoms with Gasteiger partial charge in [0.15, 0.2) is 0 Å². The van der Waals surface area contributed by atoms with E-state index in [1.165, 1.54) is 11.0 Å². The van der Waals surface area contributed by atoms with E-state index < -0.39 is 5.91 Å². The third-order valence-corrected chi connectivity index (χ3v) is 4.37. The number of thiophene rings is 1. The van der Waals surface area contributed by atoms with E-state index in [2.05, 4.69) is 10.4 Å². The number of aryl methyl sites for hydroxylation is 1. The van der Waals surface area contributed by atoms with Crippen LogP contribution < -0.4 is 11.1 Å². The molecule has 3 rings (SSSR count). The Bertz CT molecular complexity index is 938. The molecule has 0 aliphatic heterocycles. The van der Waals surface area contributed by atoms with Crippen LogP contribution >= 0.6 is 11.3 Å². The van der Waals surface area contributed by atoms with Crippen LogP contribution in [0, 0.1) is 6.92 Å². The fourth-order valence-corrected chi connectivity index (χ4v) is 2.96. The van der Waals surface area contributed by atoms with Crippen LogP contribution in [0.1, 0.15) is 20.2 Å². The molecule has 0 fully saturated rings. The van der Waals surface area contributed by atoms with Gasteiger partial charge in [-0.15, -0.1) is 11.3 Å². The second-order valence-electron chi connectivity index (χ2n) is 5.33. The number of amides is 2. The van der Waals surface area contributed by atoms with Gasteiger partial charge in [-0.1, -0.05) is 0 Å². The van der Waals surface area contributed by atoms with Gasteiger partial charge in [0.25, 0.3) is 5.91 Å². The summed E-state index contributed by atoms with van der Waals surface area (Å²) in [4.78, 5) is 25.3. The number of hydrogen-bond donors (Lipinski definition) is 2. The highest BCUT2D eigenvalue weighted by molar-refractivity contribution is 7.12. The lowest BCUT2D eigenvalue weighted by atomic mass is 10.2. The van der Waals surface area contributed by atoms with Crippen molar-refractivity contribution in [3.63, 3.8) is 0 Å². The molecular formula is C18H16N4O2S. The minimum atomic E-state index is -0.574. The Labute approximate surface area is 148 Å². The highest BCUT2D eigenvalue weighted by Crippen LogP contribution is 2.17. The molecule has 0 unspecified atom stereocenters. The van der Waals surface area contributed by atoms with Gasteiger partial charge in [-0.2, -0.15) is 5.10 Å². The summed E-state index contributed by atoms with van der Waals surface area (Å²) in [5.41, 5.74) is 6.82. The number of carbonyl (C=O) groups is 2. The lowest BCUT2D eigenvalue weighted by molar-refractivity contribution is -0.111. The minimum absolute atomic E-state index is 0.200. The summed E-state index contributed by atoms with van der Waals surface area (Å²) in [6.07, 6.45) is 4.95. The summed E-state index contributed by atoms with van der Waals surface area (Å²) in [6.45, 7) is 2.02. The molecular weight excluding hydrogens is 336 g/mol. The maximum Gasteiger partial charge on any atom is 0.269 e. The Morgan fingerprint density at radius 1 is 1.16 bits per heavy atom. The molecule has 2 aromatic heterocycles. The molecule has 3 aromatic rings. The van der Waals surface area contributed by atoms with E-state index in [-0.39, 0.29) is 11.6 Å². The van der Waals surface area contributed by atoms with E-state index in [1.807, 2.05) is 19.1 Å². The molecule has 0 atom stereocenters. The van der Waals surface area contributed by atoms with E-state index >= 15 is 0 Å². The van der Waals surface area contributed by atoms with Gasteiger partial charge < -0.3 is 11.1 Å². The van der Waals surface area contributed by atoms with Gasteiger partial charge in [0, 0.05) is 27.7 Å². The van der Waals surface area contributed by atoms with Crippen molar-refractivity contribution in [3.05, 3.63) is 70.2 Å². The second kappa shape index (κ2) is 7.14.